The molecule has 2 fully saturated rings. The molecule has 0 aromatic carbocycles. The highest BCUT2D eigenvalue weighted by Gasteiger charge is 2.43. The van der Waals surface area contributed by atoms with Crippen LogP contribution in [-0.2, 0) is 9.59 Å². The lowest BCUT2D eigenvalue weighted by atomic mass is 9.67. The van der Waals surface area contributed by atoms with Gasteiger partial charge in [0.2, 0.25) is 11.8 Å². The molecule has 0 unspecified atom stereocenters. The number of piperidine rings is 1. The Balaban J connectivity index is 1.91. The van der Waals surface area contributed by atoms with Crippen molar-refractivity contribution in [3.8, 4) is 0 Å². The molecule has 0 aromatic rings. The third kappa shape index (κ3) is 3.56. The van der Waals surface area contributed by atoms with Crippen molar-refractivity contribution in [1.82, 2.24) is 10.2 Å². The van der Waals surface area contributed by atoms with Crippen LogP contribution in [0.15, 0.2) is 0 Å². The van der Waals surface area contributed by atoms with E-state index in [2.05, 4.69) is 19.2 Å². The summed E-state index contributed by atoms with van der Waals surface area (Å²) < 4.78 is 0. The number of amides is 2. The molecule has 4 nitrogen and oxygen atoms in total. The second-order valence-electron chi connectivity index (χ2n) is 6.46. The largest absolute Gasteiger partial charge is 0.313 e. The van der Waals surface area contributed by atoms with Crippen LogP contribution in [0.25, 0.3) is 0 Å². The Hall–Kier alpha value is -0.900. The number of carbonyl (C=O) groups excluding carboxylic acids is 2. The van der Waals surface area contributed by atoms with Gasteiger partial charge in [-0.1, -0.05) is 33.1 Å². The van der Waals surface area contributed by atoms with Crippen molar-refractivity contribution in [3.63, 3.8) is 0 Å². The number of likely N-dealkylation sites (tertiary alicyclic amines) is 1. The molecule has 1 aliphatic carbocycles. The number of hydrogen-bond donors (Lipinski definition) is 1. The van der Waals surface area contributed by atoms with Gasteiger partial charge in [-0.3, -0.25) is 14.5 Å². The molecule has 0 radical (unpaired) electrons. The van der Waals surface area contributed by atoms with Crippen LogP contribution < -0.4 is 5.32 Å². The first-order valence-electron chi connectivity index (χ1n) is 7.59. The molecular weight excluding hydrogens is 240 g/mol. The average molecular weight is 266 g/mol. The van der Waals surface area contributed by atoms with E-state index in [9.17, 15) is 9.59 Å². The molecule has 1 saturated carbocycles. The molecule has 108 valence electrons. The molecule has 0 bridgehead atoms. The zero-order valence-electron chi connectivity index (χ0n) is 12.2. The monoisotopic (exact) mass is 266 g/mol. The summed E-state index contributed by atoms with van der Waals surface area (Å²) in [4.78, 5) is 25.9. The van der Waals surface area contributed by atoms with Crippen molar-refractivity contribution >= 4 is 11.8 Å². The van der Waals surface area contributed by atoms with Gasteiger partial charge in [-0.15, -0.1) is 0 Å². The first-order chi connectivity index (χ1) is 9.02. The number of rotatable bonds is 4. The summed E-state index contributed by atoms with van der Waals surface area (Å²) in [6, 6.07) is 0.389. The second kappa shape index (κ2) is 6.04. The van der Waals surface area contributed by atoms with Crippen LogP contribution in [0, 0.1) is 5.41 Å². The fraction of sp³-hybridized carbons (Fsp3) is 0.867. The SMILES string of the molecule is CC(C)NCCN1C(=O)CC2(CCCCC2)CC1=O. The Morgan fingerprint density at radius 2 is 1.68 bits per heavy atom. The van der Waals surface area contributed by atoms with E-state index in [-0.39, 0.29) is 17.2 Å². The Kier molecular flexibility index (Phi) is 4.61. The first kappa shape index (κ1) is 14.5. The van der Waals surface area contributed by atoms with E-state index < -0.39 is 0 Å². The van der Waals surface area contributed by atoms with Crippen LogP contribution in [0.5, 0.6) is 0 Å². The maximum atomic E-state index is 12.2. The van der Waals surface area contributed by atoms with Gasteiger partial charge < -0.3 is 5.32 Å². The smallest absolute Gasteiger partial charge is 0.229 e. The van der Waals surface area contributed by atoms with Crippen LogP contribution in [0.2, 0.25) is 0 Å². The van der Waals surface area contributed by atoms with Gasteiger partial charge >= 0.3 is 0 Å². The van der Waals surface area contributed by atoms with Crippen molar-refractivity contribution < 1.29 is 9.59 Å². The quantitative estimate of drug-likeness (QED) is 0.793. The number of nitrogens with zero attached hydrogens (tertiary/aromatic N) is 1. The van der Waals surface area contributed by atoms with Gasteiger partial charge in [0.25, 0.3) is 0 Å². The second-order valence-corrected chi connectivity index (χ2v) is 6.46. The van der Waals surface area contributed by atoms with Crippen LogP contribution in [-0.4, -0.2) is 35.8 Å². The van der Waals surface area contributed by atoms with Crippen molar-refractivity contribution in [2.45, 2.75) is 64.8 Å². The standard InChI is InChI=1S/C15H26N2O2/c1-12(2)16-8-9-17-13(18)10-15(11-14(17)19)6-4-3-5-7-15/h12,16H,3-11H2,1-2H3. The van der Waals surface area contributed by atoms with E-state index in [1.165, 1.54) is 24.2 Å². The highest BCUT2D eigenvalue weighted by molar-refractivity contribution is 5.98. The lowest BCUT2D eigenvalue weighted by Gasteiger charge is -2.42. The maximum absolute atomic E-state index is 12.2. The van der Waals surface area contributed by atoms with E-state index in [0.717, 1.165) is 12.8 Å². The predicted octanol–water partition coefficient (Wildman–Crippen LogP) is 2.08. The van der Waals surface area contributed by atoms with Crippen LogP contribution in [0.4, 0.5) is 0 Å². The fourth-order valence-corrected chi connectivity index (χ4v) is 3.40. The summed E-state index contributed by atoms with van der Waals surface area (Å²) in [6.45, 7) is 5.35. The third-order valence-electron chi connectivity index (χ3n) is 4.46. The topological polar surface area (TPSA) is 49.4 Å². The number of nitrogens with one attached hydrogen (secondary N) is 1. The predicted molar refractivity (Wildman–Crippen MR) is 74.6 cm³/mol. The van der Waals surface area contributed by atoms with E-state index in [4.69, 9.17) is 0 Å². The molecule has 0 atom stereocenters. The number of imide groups is 1. The number of carbonyl (C=O) groups is 2. The van der Waals surface area contributed by atoms with Crippen LogP contribution in [0.3, 0.4) is 0 Å². The van der Waals surface area contributed by atoms with E-state index in [0.29, 0.717) is 32.0 Å². The minimum absolute atomic E-state index is 0.00833. The average Bonchev–Trinajstić information content (AvgIpc) is 2.33. The first-order valence-corrected chi connectivity index (χ1v) is 7.59. The molecule has 1 heterocycles. The minimum atomic E-state index is 0.00833. The zero-order valence-corrected chi connectivity index (χ0v) is 12.2. The van der Waals surface area contributed by atoms with Gasteiger partial charge in [-0.05, 0) is 18.3 Å². The summed E-state index contributed by atoms with van der Waals surface area (Å²) >= 11 is 0. The molecule has 2 aliphatic rings. The van der Waals surface area contributed by atoms with Crippen molar-refractivity contribution in [1.29, 1.82) is 0 Å². The van der Waals surface area contributed by atoms with E-state index >= 15 is 0 Å². The minimum Gasteiger partial charge on any atom is -0.313 e. The lowest BCUT2D eigenvalue weighted by molar-refractivity contribution is -0.154. The Bertz CT molecular complexity index is 326. The molecule has 2 rings (SSSR count). The van der Waals surface area contributed by atoms with Crippen molar-refractivity contribution in [3.05, 3.63) is 0 Å². The molecular formula is C15H26N2O2. The normalized spacial score (nSPS) is 23.4. The van der Waals surface area contributed by atoms with E-state index in [1.807, 2.05) is 0 Å². The molecule has 4 heteroatoms. The van der Waals surface area contributed by atoms with Gasteiger partial charge in [0.1, 0.15) is 0 Å². The highest BCUT2D eigenvalue weighted by atomic mass is 16.2. The lowest BCUT2D eigenvalue weighted by Crippen LogP contribution is -2.50. The molecule has 1 N–H and O–H groups in total. The third-order valence-corrected chi connectivity index (χ3v) is 4.46. The van der Waals surface area contributed by atoms with Gasteiger partial charge in [0.15, 0.2) is 0 Å². The fourth-order valence-electron chi connectivity index (χ4n) is 3.40. The van der Waals surface area contributed by atoms with Crippen molar-refractivity contribution in [2.75, 3.05) is 13.1 Å². The highest BCUT2D eigenvalue weighted by Crippen LogP contribution is 2.45. The van der Waals surface area contributed by atoms with Crippen molar-refractivity contribution in [2.24, 2.45) is 5.41 Å². The summed E-state index contributed by atoms with van der Waals surface area (Å²) in [5.74, 6) is 0.0902. The summed E-state index contributed by atoms with van der Waals surface area (Å²) in [6.07, 6.45) is 6.89. The maximum Gasteiger partial charge on any atom is 0.229 e. The van der Waals surface area contributed by atoms with Crippen LogP contribution in [0.1, 0.15) is 58.8 Å². The Labute approximate surface area is 115 Å². The van der Waals surface area contributed by atoms with Gasteiger partial charge in [0.05, 0.1) is 0 Å². The van der Waals surface area contributed by atoms with Crippen LogP contribution >= 0.6 is 0 Å². The molecule has 0 aromatic heterocycles. The Morgan fingerprint density at radius 3 is 2.21 bits per heavy atom. The summed E-state index contributed by atoms with van der Waals surface area (Å²) in [7, 11) is 0. The molecule has 19 heavy (non-hydrogen) atoms. The van der Waals surface area contributed by atoms with Gasteiger partial charge in [-0.2, -0.15) is 0 Å². The van der Waals surface area contributed by atoms with Gasteiger partial charge in [-0.25, -0.2) is 0 Å². The summed E-state index contributed by atoms with van der Waals surface area (Å²) in [5.41, 5.74) is 0.00833. The molecule has 1 saturated heterocycles. The van der Waals surface area contributed by atoms with Gasteiger partial charge in [0, 0.05) is 32.0 Å². The Morgan fingerprint density at radius 1 is 1.11 bits per heavy atom. The summed E-state index contributed by atoms with van der Waals surface area (Å²) in [5, 5.41) is 3.26. The molecule has 1 aliphatic heterocycles. The number of hydrogen-bond acceptors (Lipinski definition) is 3. The molecule has 1 spiro atoms. The zero-order chi connectivity index (χ0) is 13.9. The van der Waals surface area contributed by atoms with E-state index in [1.54, 1.807) is 0 Å². The molecule has 2 amide bonds.